The molecule has 0 saturated heterocycles. The first kappa shape index (κ1) is 89.1. The SMILES string of the molecule is C.[CH3-].[CH3-].[Cd+2]. The van der Waals surface area contributed by atoms with Crippen LogP contribution in [0.15, 0.2) is 0 Å². The molecule has 0 aromatic carbocycles. The molecule has 0 radical (unpaired) electrons. The predicted molar refractivity (Wildman–Crippen MR) is 19.6 cm³/mol. The van der Waals surface area contributed by atoms with Gasteiger partial charge in [-0.15, -0.1) is 0 Å². The van der Waals surface area contributed by atoms with Gasteiger partial charge in [-0.05, 0) is 0 Å². The van der Waals surface area contributed by atoms with Gasteiger partial charge in [-0.1, -0.05) is 7.43 Å². The molecule has 1 heteroatoms. The van der Waals surface area contributed by atoms with Crippen molar-refractivity contribution in [2.24, 2.45) is 0 Å². The molecule has 0 unspecified atom stereocenters. The van der Waals surface area contributed by atoms with Gasteiger partial charge < -0.3 is 14.9 Å². The molecule has 24 valence electrons. The van der Waals surface area contributed by atoms with E-state index in [1.807, 2.05) is 0 Å². The van der Waals surface area contributed by atoms with Crippen molar-refractivity contribution in [1.82, 2.24) is 0 Å². The Labute approximate surface area is 49.8 Å². The van der Waals surface area contributed by atoms with Crippen LogP contribution in [0.1, 0.15) is 7.43 Å². The summed E-state index contributed by atoms with van der Waals surface area (Å²) in [5.74, 6) is 0. The predicted octanol–water partition coefficient (Wildman–Crippen LogP) is 1.53. The molecule has 0 rings (SSSR count). The Hall–Kier alpha value is 0.922. The van der Waals surface area contributed by atoms with Gasteiger partial charge in [0, 0.05) is 0 Å². The van der Waals surface area contributed by atoms with E-state index in [9.17, 15) is 0 Å². The standard InChI is InChI=1S/CH4.2CH3.Cd/h1H4;2*1H3;/q;2*-1;+2. The van der Waals surface area contributed by atoms with Gasteiger partial charge in [0.1, 0.15) is 0 Å². The Morgan fingerprint density at radius 1 is 0.750 bits per heavy atom. The van der Waals surface area contributed by atoms with Crippen LogP contribution >= 0.6 is 0 Å². The van der Waals surface area contributed by atoms with Crippen LogP contribution < -0.4 is 0 Å². The molecule has 0 aromatic rings. The number of hydrogen-bond acceptors (Lipinski definition) is 0. The molecular weight excluding hydrogens is 148 g/mol. The summed E-state index contributed by atoms with van der Waals surface area (Å²) >= 11 is 0. The van der Waals surface area contributed by atoms with E-state index in [1.54, 1.807) is 0 Å². The summed E-state index contributed by atoms with van der Waals surface area (Å²) in [6, 6.07) is 0. The maximum Gasteiger partial charge on any atom is 2.00 e. The van der Waals surface area contributed by atoms with Gasteiger partial charge in [0.05, 0.1) is 0 Å². The van der Waals surface area contributed by atoms with Crippen molar-refractivity contribution in [3.8, 4) is 0 Å². The normalized spacial score (nSPS) is 0. The fourth-order valence-corrected chi connectivity index (χ4v) is 0. The van der Waals surface area contributed by atoms with E-state index in [1.165, 1.54) is 0 Å². The van der Waals surface area contributed by atoms with Crippen LogP contribution in [0.2, 0.25) is 0 Å². The van der Waals surface area contributed by atoms with Crippen LogP contribution in [-0.4, -0.2) is 0 Å². The van der Waals surface area contributed by atoms with Crippen LogP contribution in [0.3, 0.4) is 0 Å². The quantitative estimate of drug-likeness (QED) is 0.371. The van der Waals surface area contributed by atoms with Crippen LogP contribution in [0.25, 0.3) is 0 Å². The molecule has 0 N–H and O–H groups in total. The molecule has 0 aliphatic heterocycles. The van der Waals surface area contributed by atoms with Crippen LogP contribution in [0.4, 0.5) is 0 Å². The Morgan fingerprint density at radius 2 is 0.750 bits per heavy atom. The molecule has 0 fully saturated rings. The van der Waals surface area contributed by atoms with Crippen molar-refractivity contribution in [2.75, 3.05) is 0 Å². The van der Waals surface area contributed by atoms with Gasteiger partial charge >= 0.3 is 27.3 Å². The molecule has 0 aliphatic rings. The monoisotopic (exact) mass is 160 g/mol. The third-order valence-corrected chi connectivity index (χ3v) is 0. The molecule has 0 amide bonds. The van der Waals surface area contributed by atoms with E-state index in [-0.39, 0.29) is 49.6 Å². The van der Waals surface area contributed by atoms with Crippen LogP contribution in [-0.2, 0) is 27.3 Å². The maximum absolute atomic E-state index is 0. The van der Waals surface area contributed by atoms with E-state index >= 15 is 0 Å². The first-order valence-electron chi connectivity index (χ1n) is 0. The van der Waals surface area contributed by atoms with Crippen molar-refractivity contribution in [3.05, 3.63) is 14.9 Å². The topological polar surface area (TPSA) is 0 Å². The van der Waals surface area contributed by atoms with E-state index in [0.717, 1.165) is 0 Å². The second-order valence-corrected chi connectivity index (χ2v) is 0. The maximum atomic E-state index is 0. The van der Waals surface area contributed by atoms with Gasteiger partial charge in [-0.25, -0.2) is 0 Å². The van der Waals surface area contributed by atoms with Gasteiger partial charge in [0.15, 0.2) is 0 Å². The van der Waals surface area contributed by atoms with E-state index in [4.69, 9.17) is 0 Å². The van der Waals surface area contributed by atoms with E-state index in [2.05, 4.69) is 0 Å². The zero-order valence-electron chi connectivity index (χ0n) is 2.71. The van der Waals surface area contributed by atoms with E-state index < -0.39 is 0 Å². The third-order valence-electron chi connectivity index (χ3n) is 0. The summed E-state index contributed by atoms with van der Waals surface area (Å²) in [5.41, 5.74) is 0. The Morgan fingerprint density at radius 3 is 0.750 bits per heavy atom. The zero-order valence-corrected chi connectivity index (χ0v) is 6.74. The minimum absolute atomic E-state index is 0. The largest absolute Gasteiger partial charge is 2.00 e. The molecule has 0 aliphatic carbocycles. The molecular formula is C3H10Cd. The molecule has 0 atom stereocenters. The second-order valence-electron chi connectivity index (χ2n) is 0. The third kappa shape index (κ3) is 12.7. The Bertz CT molecular complexity index is 3.25. The first-order valence-corrected chi connectivity index (χ1v) is 0. The minimum Gasteiger partial charge on any atom is -0.358 e. The average Bonchev–Trinajstić information content (AvgIpc) is 0. The zero-order chi connectivity index (χ0) is 0. The Balaban J connectivity index is 0. The molecule has 0 bridgehead atoms. The molecule has 0 heterocycles. The van der Waals surface area contributed by atoms with Gasteiger partial charge in [0.2, 0.25) is 0 Å². The van der Waals surface area contributed by atoms with Crippen LogP contribution in [0.5, 0.6) is 0 Å². The summed E-state index contributed by atoms with van der Waals surface area (Å²) in [4.78, 5) is 0. The summed E-state index contributed by atoms with van der Waals surface area (Å²) < 4.78 is 0. The summed E-state index contributed by atoms with van der Waals surface area (Å²) in [6.07, 6.45) is 0. The molecule has 0 saturated carbocycles. The van der Waals surface area contributed by atoms with Crippen molar-refractivity contribution >= 4 is 0 Å². The van der Waals surface area contributed by atoms with Crippen molar-refractivity contribution < 1.29 is 27.3 Å². The first-order chi connectivity index (χ1) is 0. The number of hydrogen-bond donors (Lipinski definition) is 0. The van der Waals surface area contributed by atoms with Crippen molar-refractivity contribution in [1.29, 1.82) is 0 Å². The fourth-order valence-electron chi connectivity index (χ4n) is 0. The van der Waals surface area contributed by atoms with Gasteiger partial charge in [-0.3, -0.25) is 0 Å². The summed E-state index contributed by atoms with van der Waals surface area (Å²) in [7, 11) is 0. The number of rotatable bonds is 0. The van der Waals surface area contributed by atoms with Gasteiger partial charge in [0.25, 0.3) is 0 Å². The molecule has 0 aromatic heterocycles. The van der Waals surface area contributed by atoms with E-state index in [0.29, 0.717) is 0 Å². The fraction of sp³-hybridized carbons (Fsp3) is 0.333. The average molecular weight is 159 g/mol. The molecule has 4 heavy (non-hydrogen) atoms. The van der Waals surface area contributed by atoms with Gasteiger partial charge in [-0.2, -0.15) is 0 Å². The summed E-state index contributed by atoms with van der Waals surface area (Å²) in [5, 5.41) is 0. The van der Waals surface area contributed by atoms with Crippen molar-refractivity contribution in [2.45, 2.75) is 7.43 Å². The summed E-state index contributed by atoms with van der Waals surface area (Å²) in [6.45, 7) is 0. The van der Waals surface area contributed by atoms with Crippen molar-refractivity contribution in [3.63, 3.8) is 0 Å². The minimum atomic E-state index is 0. The smallest absolute Gasteiger partial charge is 0.358 e. The second kappa shape index (κ2) is 39.4. The Kier molecular flexibility index (Phi) is 877. The molecule has 0 spiro atoms. The molecule has 0 nitrogen and oxygen atoms in total. The van der Waals surface area contributed by atoms with Crippen LogP contribution in [0, 0.1) is 14.9 Å².